The second-order valence-corrected chi connectivity index (χ2v) is 7.12. The first-order valence-corrected chi connectivity index (χ1v) is 8.75. The van der Waals surface area contributed by atoms with Gasteiger partial charge in [-0.1, -0.05) is 18.2 Å². The summed E-state index contributed by atoms with van der Waals surface area (Å²) in [5.41, 5.74) is 1.97. The summed E-state index contributed by atoms with van der Waals surface area (Å²) in [7, 11) is 0. The summed E-state index contributed by atoms with van der Waals surface area (Å²) in [6.07, 6.45) is 3.78. The van der Waals surface area contributed by atoms with Gasteiger partial charge in [0.05, 0.1) is 18.2 Å². The number of likely N-dealkylation sites (tertiary alicyclic amines) is 2. The molecule has 1 spiro atoms. The largest absolute Gasteiger partial charge is 0.395 e. The van der Waals surface area contributed by atoms with Crippen molar-refractivity contribution in [1.29, 1.82) is 5.26 Å². The summed E-state index contributed by atoms with van der Waals surface area (Å²) in [4.78, 5) is 16.3. The molecule has 1 N–H and O–H groups in total. The van der Waals surface area contributed by atoms with Crippen molar-refractivity contribution in [3.05, 3.63) is 35.4 Å². The monoisotopic (exact) mass is 327 g/mol. The van der Waals surface area contributed by atoms with Crippen LogP contribution in [-0.4, -0.2) is 53.6 Å². The van der Waals surface area contributed by atoms with Gasteiger partial charge >= 0.3 is 0 Å². The minimum absolute atomic E-state index is 0.0288. The Morgan fingerprint density at radius 2 is 2.08 bits per heavy atom. The highest BCUT2D eigenvalue weighted by molar-refractivity contribution is 5.77. The fraction of sp³-hybridized carbons (Fsp3) is 0.579. The molecule has 1 aromatic carbocycles. The average molecular weight is 327 g/mol. The van der Waals surface area contributed by atoms with Crippen molar-refractivity contribution in [3.63, 3.8) is 0 Å². The standard InChI is InChI=1S/C19H25N3O2/c20-12-16-4-1-2-5-17(16)13-21-9-3-7-19(14-21)8-6-18(24)22(15-19)10-11-23/h1-2,4-5,23H,3,6-11,13-15H2/t19-/m0/s1. The van der Waals surface area contributed by atoms with Crippen molar-refractivity contribution >= 4 is 5.91 Å². The molecular formula is C19H25N3O2. The summed E-state index contributed by atoms with van der Waals surface area (Å²) in [5.74, 6) is 0.168. The molecule has 1 atom stereocenters. The van der Waals surface area contributed by atoms with E-state index in [4.69, 9.17) is 0 Å². The van der Waals surface area contributed by atoms with E-state index in [0.717, 1.165) is 56.6 Å². The van der Waals surface area contributed by atoms with Crippen LogP contribution in [0, 0.1) is 16.7 Å². The Kier molecular flexibility index (Phi) is 5.17. The Morgan fingerprint density at radius 3 is 2.88 bits per heavy atom. The van der Waals surface area contributed by atoms with Crippen LogP contribution >= 0.6 is 0 Å². The molecule has 128 valence electrons. The lowest BCUT2D eigenvalue weighted by atomic mass is 9.73. The van der Waals surface area contributed by atoms with Crippen LogP contribution in [0.5, 0.6) is 0 Å². The molecule has 0 bridgehead atoms. The number of hydrogen-bond donors (Lipinski definition) is 1. The van der Waals surface area contributed by atoms with Gasteiger partial charge in [-0.15, -0.1) is 0 Å². The third-order valence-corrected chi connectivity index (χ3v) is 5.39. The van der Waals surface area contributed by atoms with Crippen LogP contribution in [0.1, 0.15) is 36.8 Å². The van der Waals surface area contributed by atoms with Gasteiger partial charge in [-0.25, -0.2) is 0 Å². The first-order chi connectivity index (χ1) is 11.7. The Morgan fingerprint density at radius 1 is 1.25 bits per heavy atom. The lowest BCUT2D eigenvalue weighted by molar-refractivity contribution is -0.140. The normalized spacial score (nSPS) is 25.0. The molecule has 3 rings (SSSR count). The van der Waals surface area contributed by atoms with E-state index < -0.39 is 0 Å². The number of aliphatic hydroxyl groups is 1. The minimum Gasteiger partial charge on any atom is -0.395 e. The number of rotatable bonds is 4. The van der Waals surface area contributed by atoms with Gasteiger partial charge < -0.3 is 10.0 Å². The lowest BCUT2D eigenvalue weighted by Crippen LogP contribution is -2.54. The molecule has 5 nitrogen and oxygen atoms in total. The van der Waals surface area contributed by atoms with Gasteiger partial charge in [0.2, 0.25) is 5.91 Å². The van der Waals surface area contributed by atoms with Crippen molar-refractivity contribution < 1.29 is 9.90 Å². The van der Waals surface area contributed by atoms with Crippen LogP contribution in [0.2, 0.25) is 0 Å². The van der Waals surface area contributed by atoms with E-state index in [1.807, 2.05) is 29.2 Å². The van der Waals surface area contributed by atoms with Gasteiger partial charge in [0.15, 0.2) is 0 Å². The molecule has 0 unspecified atom stereocenters. The SMILES string of the molecule is N#Cc1ccccc1CN1CCC[C@]2(CCC(=O)N(CCO)C2)C1. The number of carbonyl (C=O) groups excluding carboxylic acids is 1. The maximum atomic E-state index is 12.0. The number of piperidine rings is 2. The van der Waals surface area contributed by atoms with Crippen molar-refractivity contribution in [1.82, 2.24) is 9.80 Å². The van der Waals surface area contributed by atoms with E-state index in [2.05, 4.69) is 11.0 Å². The molecule has 2 aliphatic heterocycles. The van der Waals surface area contributed by atoms with Crippen molar-refractivity contribution in [2.24, 2.45) is 5.41 Å². The smallest absolute Gasteiger partial charge is 0.222 e. The highest BCUT2D eigenvalue weighted by Crippen LogP contribution is 2.39. The van der Waals surface area contributed by atoms with E-state index in [0.29, 0.717) is 13.0 Å². The van der Waals surface area contributed by atoms with Crippen LogP contribution in [0.3, 0.4) is 0 Å². The highest BCUT2D eigenvalue weighted by atomic mass is 16.3. The number of nitriles is 1. The minimum atomic E-state index is 0.0288. The van der Waals surface area contributed by atoms with Crippen LogP contribution in [-0.2, 0) is 11.3 Å². The van der Waals surface area contributed by atoms with E-state index in [1.54, 1.807) is 0 Å². The van der Waals surface area contributed by atoms with Crippen LogP contribution in [0.25, 0.3) is 0 Å². The quantitative estimate of drug-likeness (QED) is 0.915. The summed E-state index contributed by atoms with van der Waals surface area (Å²) in [6.45, 7) is 4.01. The van der Waals surface area contributed by atoms with Gasteiger partial charge in [0, 0.05) is 38.0 Å². The third-order valence-electron chi connectivity index (χ3n) is 5.39. The van der Waals surface area contributed by atoms with Gasteiger partial charge in [0.1, 0.15) is 0 Å². The molecule has 24 heavy (non-hydrogen) atoms. The summed E-state index contributed by atoms with van der Waals surface area (Å²) < 4.78 is 0. The van der Waals surface area contributed by atoms with Crippen LogP contribution < -0.4 is 0 Å². The van der Waals surface area contributed by atoms with E-state index in [-0.39, 0.29) is 17.9 Å². The Labute approximate surface area is 143 Å². The van der Waals surface area contributed by atoms with Crippen molar-refractivity contribution in [3.8, 4) is 6.07 Å². The Hall–Kier alpha value is -1.90. The number of nitrogens with zero attached hydrogens (tertiary/aromatic N) is 3. The number of hydrogen-bond acceptors (Lipinski definition) is 4. The van der Waals surface area contributed by atoms with Gasteiger partial charge in [-0.3, -0.25) is 9.69 Å². The maximum absolute atomic E-state index is 12.0. The lowest BCUT2D eigenvalue weighted by Gasteiger charge is -2.48. The zero-order valence-electron chi connectivity index (χ0n) is 14.1. The zero-order chi connectivity index (χ0) is 17.0. The molecule has 2 saturated heterocycles. The van der Waals surface area contributed by atoms with E-state index in [9.17, 15) is 15.2 Å². The molecule has 0 saturated carbocycles. The van der Waals surface area contributed by atoms with Crippen molar-refractivity contribution in [2.45, 2.75) is 32.2 Å². The molecule has 2 aliphatic rings. The number of carbonyl (C=O) groups is 1. The molecule has 2 heterocycles. The molecule has 1 amide bonds. The topological polar surface area (TPSA) is 67.6 Å². The Bertz CT molecular complexity index is 640. The summed E-state index contributed by atoms with van der Waals surface area (Å²) in [5, 5.41) is 18.5. The van der Waals surface area contributed by atoms with Crippen molar-refractivity contribution in [2.75, 3.05) is 32.8 Å². The van der Waals surface area contributed by atoms with E-state index >= 15 is 0 Å². The maximum Gasteiger partial charge on any atom is 0.222 e. The second-order valence-electron chi connectivity index (χ2n) is 7.12. The molecule has 0 aliphatic carbocycles. The van der Waals surface area contributed by atoms with Gasteiger partial charge in [0.25, 0.3) is 0 Å². The van der Waals surface area contributed by atoms with E-state index in [1.165, 1.54) is 0 Å². The molecule has 0 aromatic heterocycles. The van der Waals surface area contributed by atoms with Gasteiger partial charge in [-0.2, -0.15) is 5.26 Å². The first-order valence-electron chi connectivity index (χ1n) is 8.75. The number of β-amino-alcohol motifs (C(OH)–C–C–N with tert-alkyl or cyclic N) is 1. The molecule has 2 fully saturated rings. The summed E-state index contributed by atoms with van der Waals surface area (Å²) >= 11 is 0. The van der Waals surface area contributed by atoms with Crippen LogP contribution in [0.15, 0.2) is 24.3 Å². The first kappa shape index (κ1) is 16.9. The molecule has 1 aromatic rings. The second kappa shape index (κ2) is 7.33. The zero-order valence-corrected chi connectivity index (χ0v) is 14.1. The number of amides is 1. The predicted octanol–water partition coefficient (Wildman–Crippen LogP) is 1.76. The fourth-order valence-electron chi connectivity index (χ4n) is 4.21. The third kappa shape index (κ3) is 3.61. The van der Waals surface area contributed by atoms with Crippen LogP contribution in [0.4, 0.5) is 0 Å². The molecule has 5 heteroatoms. The fourth-order valence-corrected chi connectivity index (χ4v) is 4.21. The predicted molar refractivity (Wildman–Crippen MR) is 91.0 cm³/mol. The average Bonchev–Trinajstić information content (AvgIpc) is 2.59. The summed E-state index contributed by atoms with van der Waals surface area (Å²) in [6, 6.07) is 10.1. The molecular weight excluding hydrogens is 302 g/mol. The molecule has 0 radical (unpaired) electrons. The number of benzene rings is 1. The Balaban J connectivity index is 1.70. The van der Waals surface area contributed by atoms with Gasteiger partial charge in [-0.05, 0) is 37.4 Å². The highest BCUT2D eigenvalue weighted by Gasteiger charge is 2.41. The number of aliphatic hydroxyl groups excluding tert-OH is 1.